The van der Waals surface area contributed by atoms with Crippen LogP contribution in [0.15, 0.2) is 97.5 Å². The molecule has 4 heterocycles. The first-order valence-corrected chi connectivity index (χ1v) is 22.5. The number of carbonyl (C=O) groups is 3. The van der Waals surface area contributed by atoms with Gasteiger partial charge >= 0.3 is 0 Å². The average molecular weight is 911 g/mol. The van der Waals surface area contributed by atoms with Gasteiger partial charge in [-0.1, -0.05) is 47.5 Å². The molecule has 2 amide bonds. The number of rotatable bonds is 12. The van der Waals surface area contributed by atoms with E-state index < -0.39 is 42.2 Å². The van der Waals surface area contributed by atoms with Crippen LogP contribution in [0.5, 0.6) is 11.5 Å². The van der Waals surface area contributed by atoms with Gasteiger partial charge in [0.25, 0.3) is 0 Å². The third kappa shape index (κ3) is 11.4. The fourth-order valence-electron chi connectivity index (χ4n) is 8.95. The zero-order valence-electron chi connectivity index (χ0n) is 36.8. The third-order valence-electron chi connectivity index (χ3n) is 12.5. The minimum atomic E-state index is -1.29. The number of Topliss-reactive ketones (excluding diaryl/α,β-unsaturated/α-hetero) is 1. The van der Waals surface area contributed by atoms with Gasteiger partial charge in [-0.3, -0.25) is 24.3 Å². The third-order valence-corrected chi connectivity index (χ3v) is 13.0. The van der Waals surface area contributed by atoms with E-state index in [1.165, 1.54) is 0 Å². The molecular weight excluding hydrogens is 853 g/mol. The van der Waals surface area contributed by atoms with Crippen molar-refractivity contribution in [2.75, 3.05) is 33.8 Å². The Labute approximate surface area is 385 Å². The van der Waals surface area contributed by atoms with E-state index in [1.807, 2.05) is 75.9 Å². The minimum Gasteiger partial charge on any atom is -0.457 e. The molecule has 15 heteroatoms. The van der Waals surface area contributed by atoms with Crippen LogP contribution in [0.3, 0.4) is 0 Å². The smallest absolute Gasteiger partial charge is 0.226 e. The highest BCUT2D eigenvalue weighted by molar-refractivity contribution is 6.31. The number of hydrogen-bond donors (Lipinski definition) is 3. The predicted octanol–water partition coefficient (Wildman–Crippen LogP) is 6.70. The van der Waals surface area contributed by atoms with E-state index in [0.29, 0.717) is 65.9 Å². The van der Waals surface area contributed by atoms with E-state index in [2.05, 4.69) is 24.8 Å². The number of pyridine rings is 1. The van der Waals surface area contributed by atoms with Crippen molar-refractivity contribution in [3.63, 3.8) is 0 Å². The number of aliphatic hydroxyl groups is 2. The maximum Gasteiger partial charge on any atom is 0.226 e. The number of piperidine rings is 1. The lowest BCUT2D eigenvalue weighted by atomic mass is 9.81. The molecule has 0 spiro atoms. The summed E-state index contributed by atoms with van der Waals surface area (Å²) in [6.45, 7) is 2.52. The number of aromatic nitrogens is 3. The standard InChI is InChI=1S/C49H57Cl2N7O6/c1-32-43(60)22-38(30-59)47(62)54-49(25-33-8-13-39(50)14-9-33)18-6-20-57(31-49)48(63)37(21-34-7-5-19-52-26-34)23-46(61)58(32)28-36-10-15-40(51)24-44(36)64-41-16-11-35(12-17-41)42-27-53-45(56(42)4)29-55(2)3/h5,7-17,19,24,26-27,32,37-38,46,59,61H,6,18,20-23,25,28-31H2,1-4H3,(H,54,62)/t32-,37+,38?,46?,49+/m0/s1. The lowest BCUT2D eigenvalue weighted by molar-refractivity contribution is -0.145. The molecule has 0 saturated carbocycles. The molecule has 2 aromatic heterocycles. The number of amides is 2. The van der Waals surface area contributed by atoms with Crippen molar-refractivity contribution in [3.05, 3.63) is 130 Å². The van der Waals surface area contributed by atoms with Crippen LogP contribution < -0.4 is 10.1 Å². The summed E-state index contributed by atoms with van der Waals surface area (Å²) in [7, 11) is 5.99. The Morgan fingerprint density at radius 2 is 1.70 bits per heavy atom. The summed E-state index contributed by atoms with van der Waals surface area (Å²) >= 11 is 12.8. The van der Waals surface area contributed by atoms with E-state index in [1.54, 1.807) is 59.4 Å². The van der Waals surface area contributed by atoms with Crippen LogP contribution in [0.2, 0.25) is 10.0 Å². The number of benzene rings is 3. The van der Waals surface area contributed by atoms with Gasteiger partial charge in [0.1, 0.15) is 23.6 Å². The molecule has 2 fully saturated rings. The largest absolute Gasteiger partial charge is 0.457 e. The Morgan fingerprint density at radius 1 is 0.953 bits per heavy atom. The monoisotopic (exact) mass is 909 g/mol. The molecule has 338 valence electrons. The summed E-state index contributed by atoms with van der Waals surface area (Å²) in [6, 6.07) is 23.0. The van der Waals surface area contributed by atoms with Gasteiger partial charge in [0.15, 0.2) is 5.78 Å². The Balaban J connectivity index is 1.20. The van der Waals surface area contributed by atoms with E-state index in [4.69, 9.17) is 27.9 Å². The van der Waals surface area contributed by atoms with Crippen molar-refractivity contribution < 1.29 is 29.3 Å². The molecule has 0 radical (unpaired) electrons. The number of ketones is 1. The van der Waals surface area contributed by atoms with Crippen molar-refractivity contribution in [2.45, 2.75) is 76.3 Å². The maximum atomic E-state index is 14.9. The van der Waals surface area contributed by atoms with E-state index >= 15 is 0 Å². The van der Waals surface area contributed by atoms with Gasteiger partial charge in [-0.2, -0.15) is 0 Å². The molecule has 2 aliphatic heterocycles. The minimum absolute atomic E-state index is 0.00265. The van der Waals surface area contributed by atoms with Crippen molar-refractivity contribution >= 4 is 40.8 Å². The molecule has 0 aliphatic carbocycles. The van der Waals surface area contributed by atoms with Gasteiger partial charge in [0, 0.05) is 72.6 Å². The number of nitrogens with one attached hydrogen (secondary N) is 1. The van der Waals surface area contributed by atoms with Crippen LogP contribution in [0.4, 0.5) is 0 Å². The van der Waals surface area contributed by atoms with E-state index in [0.717, 1.165) is 28.2 Å². The lowest BCUT2D eigenvalue weighted by Gasteiger charge is -2.45. The van der Waals surface area contributed by atoms with E-state index in [-0.39, 0.29) is 37.6 Å². The molecule has 7 rings (SSSR count). The highest BCUT2D eigenvalue weighted by Gasteiger charge is 2.43. The molecular formula is C49H57Cl2N7O6. The number of nitrogens with zero attached hydrogens (tertiary/aromatic N) is 6. The topological polar surface area (TPSA) is 153 Å². The van der Waals surface area contributed by atoms with Crippen LogP contribution in [-0.2, 0) is 47.4 Å². The van der Waals surface area contributed by atoms with Crippen molar-refractivity contribution in [2.24, 2.45) is 18.9 Å². The molecule has 3 N–H and O–H groups in total. The fourth-order valence-corrected chi connectivity index (χ4v) is 9.23. The molecule has 64 heavy (non-hydrogen) atoms. The van der Waals surface area contributed by atoms with Crippen molar-refractivity contribution in [1.82, 2.24) is 34.6 Å². The fraction of sp³-hybridized carbons (Fsp3) is 0.408. The number of halogens is 2. The Morgan fingerprint density at radius 3 is 2.41 bits per heavy atom. The quantitative estimate of drug-likeness (QED) is 0.123. The zero-order valence-corrected chi connectivity index (χ0v) is 38.3. The summed E-state index contributed by atoms with van der Waals surface area (Å²) in [6.07, 6.45) is 5.56. The number of imidazole rings is 1. The number of hydrogen-bond acceptors (Lipinski definition) is 10. The van der Waals surface area contributed by atoms with Crippen LogP contribution in [-0.4, -0.2) is 109 Å². The number of fused-ring (bicyclic) bond motifs is 2. The lowest BCUT2D eigenvalue weighted by Crippen LogP contribution is -2.63. The number of ether oxygens (including phenoxy) is 1. The highest BCUT2D eigenvalue weighted by atomic mass is 35.5. The van der Waals surface area contributed by atoms with Gasteiger partial charge in [-0.25, -0.2) is 4.98 Å². The SMILES string of the molecule is C[C@H]1C(=O)CC(CO)C(=O)N[C@@]2(Cc3ccc(Cl)cc3)CCCN(C2)C(=O)[C@H](Cc2cccnc2)CC(O)N1Cc1ccc(Cl)cc1Oc1ccc(-c2cnc(CN(C)C)n2C)cc1. The van der Waals surface area contributed by atoms with Gasteiger partial charge < -0.3 is 34.6 Å². The van der Waals surface area contributed by atoms with E-state index in [9.17, 15) is 24.6 Å². The second-order valence-corrected chi connectivity index (χ2v) is 18.4. The van der Waals surface area contributed by atoms with Crippen LogP contribution in [0.1, 0.15) is 55.1 Å². The highest BCUT2D eigenvalue weighted by Crippen LogP contribution is 2.35. The van der Waals surface area contributed by atoms with Crippen LogP contribution in [0.25, 0.3) is 11.3 Å². The second kappa shape index (κ2) is 20.8. The summed E-state index contributed by atoms with van der Waals surface area (Å²) < 4.78 is 8.54. The molecule has 5 aromatic rings. The molecule has 5 atom stereocenters. The molecule has 2 unspecified atom stereocenters. The van der Waals surface area contributed by atoms with Crippen LogP contribution >= 0.6 is 23.2 Å². The summed E-state index contributed by atoms with van der Waals surface area (Å²) in [4.78, 5) is 57.8. The molecule has 3 aromatic carbocycles. The summed E-state index contributed by atoms with van der Waals surface area (Å²) in [5.74, 6) is -0.877. The summed E-state index contributed by atoms with van der Waals surface area (Å²) in [5, 5.41) is 27.2. The van der Waals surface area contributed by atoms with Crippen molar-refractivity contribution in [1.29, 1.82) is 0 Å². The summed E-state index contributed by atoms with van der Waals surface area (Å²) in [5.41, 5.74) is 3.41. The number of aliphatic hydroxyl groups excluding tert-OH is 2. The Hall–Kier alpha value is -5.15. The van der Waals surface area contributed by atoms with Gasteiger partial charge in [-0.05, 0) is 119 Å². The normalized spacial score (nSPS) is 22.6. The molecule has 2 aliphatic rings. The van der Waals surface area contributed by atoms with Crippen molar-refractivity contribution in [3.8, 4) is 22.8 Å². The molecule has 2 bridgehead atoms. The van der Waals surface area contributed by atoms with Gasteiger partial charge in [0.05, 0.1) is 42.5 Å². The zero-order chi connectivity index (χ0) is 45.5. The predicted molar refractivity (Wildman–Crippen MR) is 247 cm³/mol. The first kappa shape index (κ1) is 46.8. The first-order chi connectivity index (χ1) is 30.7. The Kier molecular flexibility index (Phi) is 15.2. The Bertz CT molecular complexity index is 2400. The maximum absolute atomic E-state index is 14.9. The van der Waals surface area contributed by atoms with Crippen LogP contribution in [0, 0.1) is 11.8 Å². The molecule has 13 nitrogen and oxygen atoms in total. The number of carbonyl (C=O) groups excluding carboxylic acids is 3. The van der Waals surface area contributed by atoms with Gasteiger partial charge in [-0.15, -0.1) is 0 Å². The first-order valence-electron chi connectivity index (χ1n) is 21.7. The second-order valence-electron chi connectivity index (χ2n) is 17.5. The van der Waals surface area contributed by atoms with Gasteiger partial charge in [0.2, 0.25) is 11.8 Å². The average Bonchev–Trinajstić information content (AvgIpc) is 3.63. The molecule has 2 saturated heterocycles.